The Balaban J connectivity index is 1.08. The van der Waals surface area contributed by atoms with Crippen LogP contribution in [0.1, 0.15) is 91.9 Å². The average Bonchev–Trinajstić information content (AvgIpc) is 3.30. The molecule has 7 aliphatic rings. The van der Waals surface area contributed by atoms with Gasteiger partial charge in [-0.2, -0.15) is 0 Å². The second-order valence-electron chi connectivity index (χ2n) is 17.3. The van der Waals surface area contributed by atoms with Crippen molar-refractivity contribution in [2.45, 2.75) is 104 Å². The van der Waals surface area contributed by atoms with Crippen LogP contribution >= 0.6 is 0 Å². The van der Waals surface area contributed by atoms with Crippen LogP contribution in [0.15, 0.2) is 65.8 Å². The van der Waals surface area contributed by atoms with Crippen LogP contribution in [-0.2, 0) is 0 Å². The van der Waals surface area contributed by atoms with Crippen molar-refractivity contribution in [3.63, 3.8) is 0 Å². The SMILES string of the molecule is CC1(C)[C@H]2CC[C@@H](CN(C[C@]3(O)CC[C@H]4C5=CC=C6C[C@@H](O)CC[C@]6(C)[C@H]5CC[C@@]43C)C(=O)Oc3ccc4ccccc4c3)[C@@H]1C2. The highest BCUT2D eigenvalue weighted by Gasteiger charge is 2.63. The highest BCUT2D eigenvalue weighted by molar-refractivity contribution is 5.84. The molecule has 2 N–H and O–H groups in total. The van der Waals surface area contributed by atoms with Gasteiger partial charge in [0, 0.05) is 12.0 Å². The highest BCUT2D eigenvalue weighted by Crippen LogP contribution is 2.66. The summed E-state index contributed by atoms with van der Waals surface area (Å²) in [5.74, 6) is 3.18. The lowest BCUT2D eigenvalue weighted by atomic mass is 9.45. The van der Waals surface area contributed by atoms with Gasteiger partial charge in [-0.05, 0) is 128 Å². The first-order chi connectivity index (χ1) is 21.9. The van der Waals surface area contributed by atoms with E-state index in [0.29, 0.717) is 54.3 Å². The van der Waals surface area contributed by atoms with E-state index in [1.165, 1.54) is 24.0 Å². The van der Waals surface area contributed by atoms with Crippen molar-refractivity contribution in [3.05, 3.63) is 65.8 Å². The molecule has 2 aromatic rings. The van der Waals surface area contributed by atoms with Gasteiger partial charge in [-0.25, -0.2) is 4.79 Å². The summed E-state index contributed by atoms with van der Waals surface area (Å²) in [6.07, 6.45) is 14.1. The van der Waals surface area contributed by atoms with Gasteiger partial charge in [0.15, 0.2) is 0 Å². The standard InChI is InChI=1S/C41H53NO4/c1-38(2)29-11-9-28(36(38)23-29)24-42(37(44)46-32-13-10-26-7-5-6-8-27(26)21-32)25-41(45)20-17-35-33-14-12-30-22-31(43)15-18-39(30,3)34(33)16-19-40(35,41)4/h5-8,10,12-14,21,28-29,31,34-36,43,45H,9,11,15-20,22-25H2,1-4H3/t28-,29-,31-,34-,35-,36-,39-,40-,41+/m0/s1. The molecule has 246 valence electrons. The lowest BCUT2D eigenvalue weighted by Crippen LogP contribution is -2.59. The molecule has 2 aromatic carbocycles. The Hall–Kier alpha value is -2.63. The fraction of sp³-hybridized carbons (Fsp3) is 0.634. The zero-order chi connectivity index (χ0) is 32.1. The third kappa shape index (κ3) is 4.58. The Kier molecular flexibility index (Phi) is 7.13. The van der Waals surface area contributed by atoms with Crippen molar-refractivity contribution >= 4 is 16.9 Å². The minimum atomic E-state index is -0.980. The maximum absolute atomic E-state index is 14.2. The molecule has 6 fully saturated rings. The molecule has 0 spiro atoms. The Morgan fingerprint density at radius 2 is 1.70 bits per heavy atom. The van der Waals surface area contributed by atoms with Gasteiger partial charge in [0.2, 0.25) is 0 Å². The van der Waals surface area contributed by atoms with E-state index in [9.17, 15) is 15.0 Å². The van der Waals surface area contributed by atoms with Crippen LogP contribution in [0.2, 0.25) is 0 Å². The molecule has 0 heterocycles. The Morgan fingerprint density at radius 1 is 0.913 bits per heavy atom. The second kappa shape index (κ2) is 10.7. The van der Waals surface area contributed by atoms with Gasteiger partial charge in [-0.3, -0.25) is 0 Å². The number of ether oxygens (including phenoxy) is 1. The first-order valence-electron chi connectivity index (χ1n) is 18.2. The van der Waals surface area contributed by atoms with Crippen molar-refractivity contribution in [2.75, 3.05) is 13.1 Å². The molecule has 9 atom stereocenters. The van der Waals surface area contributed by atoms with Crippen LogP contribution in [0.5, 0.6) is 5.75 Å². The van der Waals surface area contributed by atoms with Crippen LogP contribution < -0.4 is 4.74 Å². The molecule has 0 saturated heterocycles. The number of aliphatic hydroxyl groups excluding tert-OH is 1. The number of fused-ring (bicyclic) bond motifs is 8. The minimum Gasteiger partial charge on any atom is -0.410 e. The van der Waals surface area contributed by atoms with E-state index in [0.717, 1.165) is 61.6 Å². The number of carbonyl (C=O) groups excluding carboxylic acids is 1. The first kappa shape index (κ1) is 30.7. The lowest BCUT2D eigenvalue weighted by molar-refractivity contribution is -0.123. The van der Waals surface area contributed by atoms with E-state index in [1.54, 1.807) is 0 Å². The fourth-order valence-corrected chi connectivity index (χ4v) is 11.7. The van der Waals surface area contributed by atoms with E-state index in [2.05, 4.69) is 45.9 Å². The highest BCUT2D eigenvalue weighted by atomic mass is 16.6. The number of aliphatic hydroxyl groups is 2. The minimum absolute atomic E-state index is 0.107. The number of hydrogen-bond donors (Lipinski definition) is 2. The third-order valence-corrected chi connectivity index (χ3v) is 15.0. The molecule has 5 nitrogen and oxygen atoms in total. The first-order valence-corrected chi connectivity index (χ1v) is 18.2. The number of rotatable bonds is 5. The van der Waals surface area contributed by atoms with E-state index in [4.69, 9.17) is 4.74 Å². The summed E-state index contributed by atoms with van der Waals surface area (Å²) in [5.41, 5.74) is 2.06. The normalized spacial score (nSPS) is 40.5. The lowest BCUT2D eigenvalue weighted by Gasteiger charge is -2.61. The van der Waals surface area contributed by atoms with Crippen molar-refractivity contribution in [3.8, 4) is 5.75 Å². The molecular formula is C41H53NO4. The predicted octanol–water partition coefficient (Wildman–Crippen LogP) is 8.69. The Labute approximate surface area is 275 Å². The van der Waals surface area contributed by atoms with Crippen LogP contribution in [0.4, 0.5) is 4.79 Å². The zero-order valence-corrected chi connectivity index (χ0v) is 28.3. The molecule has 2 bridgehead atoms. The number of nitrogens with zero attached hydrogens (tertiary/aromatic N) is 1. The summed E-state index contributed by atoms with van der Waals surface area (Å²) in [6, 6.07) is 14.0. The van der Waals surface area contributed by atoms with E-state index in [1.807, 2.05) is 41.3 Å². The zero-order valence-electron chi connectivity index (χ0n) is 28.3. The van der Waals surface area contributed by atoms with Crippen LogP contribution in [-0.4, -0.2) is 46.0 Å². The molecule has 6 saturated carbocycles. The van der Waals surface area contributed by atoms with E-state index < -0.39 is 5.60 Å². The van der Waals surface area contributed by atoms with Gasteiger partial charge in [-0.1, -0.05) is 81.3 Å². The monoisotopic (exact) mass is 623 g/mol. The van der Waals surface area contributed by atoms with Gasteiger partial charge in [0.05, 0.1) is 18.2 Å². The van der Waals surface area contributed by atoms with Crippen molar-refractivity contribution < 1.29 is 19.7 Å². The van der Waals surface area contributed by atoms with Gasteiger partial charge in [0.1, 0.15) is 5.75 Å². The summed E-state index contributed by atoms with van der Waals surface area (Å²) < 4.78 is 6.15. The number of allylic oxidation sites excluding steroid dienone is 3. The van der Waals surface area contributed by atoms with E-state index in [-0.39, 0.29) is 23.0 Å². The molecule has 9 rings (SSSR count). The third-order valence-electron chi connectivity index (χ3n) is 15.0. The molecule has 0 aliphatic heterocycles. The average molecular weight is 624 g/mol. The fourth-order valence-electron chi connectivity index (χ4n) is 11.7. The maximum Gasteiger partial charge on any atom is 0.415 e. The quantitative estimate of drug-likeness (QED) is 0.350. The van der Waals surface area contributed by atoms with Crippen molar-refractivity contribution in [1.29, 1.82) is 0 Å². The van der Waals surface area contributed by atoms with Crippen molar-refractivity contribution in [2.24, 2.45) is 45.8 Å². The summed E-state index contributed by atoms with van der Waals surface area (Å²) >= 11 is 0. The van der Waals surface area contributed by atoms with Gasteiger partial charge >= 0.3 is 6.09 Å². The molecule has 0 unspecified atom stereocenters. The maximum atomic E-state index is 14.2. The summed E-state index contributed by atoms with van der Waals surface area (Å²) in [7, 11) is 0. The van der Waals surface area contributed by atoms with Crippen molar-refractivity contribution in [1.82, 2.24) is 4.90 Å². The number of carbonyl (C=O) groups is 1. The van der Waals surface area contributed by atoms with E-state index >= 15 is 0 Å². The molecule has 46 heavy (non-hydrogen) atoms. The smallest absolute Gasteiger partial charge is 0.410 e. The largest absolute Gasteiger partial charge is 0.415 e. The molecule has 7 aliphatic carbocycles. The summed E-state index contributed by atoms with van der Waals surface area (Å²) in [4.78, 5) is 16.1. The number of benzene rings is 2. The van der Waals surface area contributed by atoms with Gasteiger partial charge < -0.3 is 19.8 Å². The Bertz CT molecular complexity index is 1610. The predicted molar refractivity (Wildman–Crippen MR) is 182 cm³/mol. The summed E-state index contributed by atoms with van der Waals surface area (Å²) in [5, 5.41) is 25.4. The Morgan fingerprint density at radius 3 is 2.48 bits per heavy atom. The molecule has 1 amide bonds. The molecule has 0 radical (unpaired) electrons. The van der Waals surface area contributed by atoms with Crippen LogP contribution in [0.3, 0.4) is 0 Å². The van der Waals surface area contributed by atoms with Gasteiger partial charge in [-0.15, -0.1) is 0 Å². The van der Waals surface area contributed by atoms with Gasteiger partial charge in [0.25, 0.3) is 0 Å². The molecular weight excluding hydrogens is 570 g/mol. The summed E-state index contributed by atoms with van der Waals surface area (Å²) in [6.45, 7) is 10.5. The molecule has 5 heteroatoms. The molecule has 0 aromatic heterocycles. The van der Waals surface area contributed by atoms with Crippen LogP contribution in [0, 0.1) is 45.8 Å². The topological polar surface area (TPSA) is 70.0 Å². The second-order valence-corrected chi connectivity index (χ2v) is 17.3. The van der Waals surface area contributed by atoms with Crippen LogP contribution in [0.25, 0.3) is 10.8 Å². The number of amides is 1. The number of hydrogen-bond acceptors (Lipinski definition) is 4.